The molecule has 6 N–H and O–H groups in total. The van der Waals surface area contributed by atoms with Gasteiger partial charge in [0.25, 0.3) is 11.8 Å². The molecular weight excluding hydrogens is 270 g/mol. The first-order valence-corrected chi connectivity index (χ1v) is 5.82. The van der Waals surface area contributed by atoms with E-state index in [1.807, 2.05) is 0 Å². The summed E-state index contributed by atoms with van der Waals surface area (Å²) in [6.07, 6.45) is 0. The standard InChI is InChI=1S/C12H16F2N4O2/c13-12(14,6-15)7-18-10(19)9-3-1-8(2-4-9)5-17-11(16)20/h1-4H,5-7,15H2,(H,18,19)(H3,16,17,20). The SMILES string of the molecule is NCC(F)(F)CNC(=O)c1ccc(CNC(N)=O)cc1. The van der Waals surface area contributed by atoms with Gasteiger partial charge in [-0.15, -0.1) is 0 Å². The Morgan fingerprint density at radius 1 is 1.15 bits per heavy atom. The largest absolute Gasteiger partial charge is 0.352 e. The first kappa shape index (κ1) is 15.8. The van der Waals surface area contributed by atoms with E-state index in [-0.39, 0.29) is 12.1 Å². The second-order valence-corrected chi connectivity index (χ2v) is 4.16. The zero-order valence-corrected chi connectivity index (χ0v) is 10.7. The second-order valence-electron chi connectivity index (χ2n) is 4.16. The molecule has 0 aliphatic rings. The van der Waals surface area contributed by atoms with Gasteiger partial charge < -0.3 is 22.1 Å². The highest BCUT2D eigenvalue weighted by molar-refractivity contribution is 5.94. The fourth-order valence-electron chi connectivity index (χ4n) is 1.35. The van der Waals surface area contributed by atoms with Crippen LogP contribution in [0.25, 0.3) is 0 Å². The third-order valence-corrected chi connectivity index (χ3v) is 2.49. The Kier molecular flexibility index (Phi) is 5.39. The molecule has 3 amide bonds. The summed E-state index contributed by atoms with van der Waals surface area (Å²) in [6.45, 7) is -1.42. The van der Waals surface area contributed by atoms with Crippen LogP contribution < -0.4 is 22.1 Å². The van der Waals surface area contributed by atoms with Gasteiger partial charge in [-0.3, -0.25) is 4.79 Å². The van der Waals surface area contributed by atoms with E-state index in [1.54, 1.807) is 12.1 Å². The van der Waals surface area contributed by atoms with Gasteiger partial charge in [-0.2, -0.15) is 0 Å². The van der Waals surface area contributed by atoms with Crippen LogP contribution in [0.4, 0.5) is 13.6 Å². The molecule has 0 radical (unpaired) electrons. The number of nitrogens with two attached hydrogens (primary N) is 2. The Hall–Kier alpha value is -2.22. The van der Waals surface area contributed by atoms with Gasteiger partial charge in [-0.1, -0.05) is 12.1 Å². The Morgan fingerprint density at radius 3 is 2.25 bits per heavy atom. The van der Waals surface area contributed by atoms with Crippen LogP contribution in [0, 0.1) is 0 Å². The number of urea groups is 1. The van der Waals surface area contributed by atoms with E-state index in [4.69, 9.17) is 11.5 Å². The van der Waals surface area contributed by atoms with Crippen molar-refractivity contribution < 1.29 is 18.4 Å². The van der Waals surface area contributed by atoms with Crippen LogP contribution in [0.5, 0.6) is 0 Å². The van der Waals surface area contributed by atoms with Crippen molar-refractivity contribution in [3.8, 4) is 0 Å². The van der Waals surface area contributed by atoms with Crippen molar-refractivity contribution >= 4 is 11.9 Å². The minimum atomic E-state index is -3.12. The maximum absolute atomic E-state index is 12.9. The molecular formula is C12H16F2N4O2. The molecule has 0 unspecified atom stereocenters. The molecule has 0 aliphatic carbocycles. The third kappa shape index (κ3) is 5.19. The van der Waals surface area contributed by atoms with Gasteiger partial charge in [0.05, 0.1) is 13.1 Å². The highest BCUT2D eigenvalue weighted by Crippen LogP contribution is 2.10. The molecule has 6 nitrogen and oxygen atoms in total. The predicted octanol–water partition coefficient (Wildman–Crippen LogP) is 0.179. The van der Waals surface area contributed by atoms with Gasteiger partial charge in [0.15, 0.2) is 0 Å². The third-order valence-electron chi connectivity index (χ3n) is 2.49. The van der Waals surface area contributed by atoms with E-state index in [2.05, 4.69) is 10.6 Å². The van der Waals surface area contributed by atoms with Crippen molar-refractivity contribution in [2.45, 2.75) is 12.5 Å². The number of carbonyl (C=O) groups is 2. The lowest BCUT2D eigenvalue weighted by Crippen LogP contribution is -2.41. The van der Waals surface area contributed by atoms with E-state index in [9.17, 15) is 18.4 Å². The maximum Gasteiger partial charge on any atom is 0.312 e. The molecule has 20 heavy (non-hydrogen) atoms. The highest BCUT2D eigenvalue weighted by atomic mass is 19.3. The molecule has 0 bridgehead atoms. The predicted molar refractivity (Wildman–Crippen MR) is 69.2 cm³/mol. The van der Waals surface area contributed by atoms with E-state index in [0.717, 1.165) is 5.56 Å². The van der Waals surface area contributed by atoms with Gasteiger partial charge in [0.1, 0.15) is 0 Å². The fourth-order valence-corrected chi connectivity index (χ4v) is 1.35. The Morgan fingerprint density at radius 2 is 1.75 bits per heavy atom. The van der Waals surface area contributed by atoms with Crippen LogP contribution >= 0.6 is 0 Å². The summed E-state index contributed by atoms with van der Waals surface area (Å²) < 4.78 is 25.8. The number of halogens is 2. The first-order chi connectivity index (χ1) is 9.34. The van der Waals surface area contributed by atoms with Crippen LogP contribution in [-0.4, -0.2) is 31.0 Å². The molecule has 0 fully saturated rings. The van der Waals surface area contributed by atoms with Crippen molar-refractivity contribution in [1.82, 2.24) is 10.6 Å². The highest BCUT2D eigenvalue weighted by Gasteiger charge is 2.27. The molecule has 0 aromatic heterocycles. The summed E-state index contributed by atoms with van der Waals surface area (Å²) >= 11 is 0. The molecule has 0 saturated heterocycles. The lowest BCUT2D eigenvalue weighted by Gasteiger charge is -2.14. The van der Waals surface area contributed by atoms with Crippen molar-refractivity contribution in [3.05, 3.63) is 35.4 Å². The monoisotopic (exact) mass is 286 g/mol. The molecule has 1 aromatic carbocycles. The Balaban J connectivity index is 2.55. The van der Waals surface area contributed by atoms with Crippen LogP contribution in [0.3, 0.4) is 0 Å². The summed E-state index contributed by atoms with van der Waals surface area (Å²) in [4.78, 5) is 22.1. The number of alkyl halides is 2. The molecule has 110 valence electrons. The molecule has 0 spiro atoms. The average molecular weight is 286 g/mol. The van der Waals surface area contributed by atoms with Gasteiger partial charge in [0, 0.05) is 12.1 Å². The molecule has 8 heteroatoms. The van der Waals surface area contributed by atoms with Crippen LogP contribution in [0.15, 0.2) is 24.3 Å². The van der Waals surface area contributed by atoms with Gasteiger partial charge in [0.2, 0.25) is 0 Å². The summed E-state index contributed by atoms with van der Waals surface area (Å²) in [6, 6.07) is 5.45. The van der Waals surface area contributed by atoms with E-state index in [1.165, 1.54) is 12.1 Å². The van der Waals surface area contributed by atoms with E-state index in [0.29, 0.717) is 0 Å². The zero-order valence-electron chi connectivity index (χ0n) is 10.7. The molecule has 0 saturated carbocycles. The minimum absolute atomic E-state index is 0.225. The molecule has 1 rings (SSSR count). The minimum Gasteiger partial charge on any atom is -0.352 e. The Bertz CT molecular complexity index is 477. The van der Waals surface area contributed by atoms with Crippen LogP contribution in [0.1, 0.15) is 15.9 Å². The van der Waals surface area contributed by atoms with Crippen molar-refractivity contribution in [2.75, 3.05) is 13.1 Å². The van der Waals surface area contributed by atoms with E-state index < -0.39 is 31.0 Å². The van der Waals surface area contributed by atoms with Crippen LogP contribution in [-0.2, 0) is 6.54 Å². The quantitative estimate of drug-likeness (QED) is 0.598. The van der Waals surface area contributed by atoms with Gasteiger partial charge >= 0.3 is 6.03 Å². The average Bonchev–Trinajstić information content (AvgIpc) is 2.43. The maximum atomic E-state index is 12.9. The lowest BCUT2D eigenvalue weighted by atomic mass is 10.1. The zero-order chi connectivity index (χ0) is 15.2. The number of carbonyl (C=O) groups excluding carboxylic acids is 2. The number of amides is 3. The number of benzene rings is 1. The molecule has 0 aliphatic heterocycles. The van der Waals surface area contributed by atoms with Crippen molar-refractivity contribution in [2.24, 2.45) is 11.5 Å². The van der Waals surface area contributed by atoms with Crippen molar-refractivity contribution in [3.63, 3.8) is 0 Å². The van der Waals surface area contributed by atoms with E-state index >= 15 is 0 Å². The molecule has 0 heterocycles. The van der Waals surface area contributed by atoms with Gasteiger partial charge in [-0.05, 0) is 17.7 Å². The number of hydrogen-bond acceptors (Lipinski definition) is 3. The second kappa shape index (κ2) is 6.80. The summed E-state index contributed by atoms with van der Waals surface area (Å²) in [5.41, 5.74) is 10.7. The Labute approximate surface area is 114 Å². The summed E-state index contributed by atoms with van der Waals surface area (Å²) in [5, 5.41) is 4.49. The number of nitrogens with one attached hydrogen (secondary N) is 2. The normalized spacial score (nSPS) is 10.9. The van der Waals surface area contributed by atoms with Crippen LogP contribution in [0.2, 0.25) is 0 Å². The topological polar surface area (TPSA) is 110 Å². The lowest BCUT2D eigenvalue weighted by molar-refractivity contribution is 0.0118. The fraction of sp³-hybridized carbons (Fsp3) is 0.333. The summed E-state index contributed by atoms with van der Waals surface area (Å²) in [5.74, 6) is -3.74. The number of rotatable bonds is 6. The van der Waals surface area contributed by atoms with Crippen molar-refractivity contribution in [1.29, 1.82) is 0 Å². The smallest absolute Gasteiger partial charge is 0.312 e. The number of primary amides is 1. The molecule has 0 atom stereocenters. The van der Waals surface area contributed by atoms with Gasteiger partial charge in [-0.25, -0.2) is 13.6 Å². The molecule has 1 aromatic rings. The summed E-state index contributed by atoms with van der Waals surface area (Å²) in [7, 11) is 0. The number of hydrogen-bond donors (Lipinski definition) is 4. The first-order valence-electron chi connectivity index (χ1n) is 5.82.